The monoisotopic (exact) mass is 167 g/mol. The molecule has 0 saturated carbocycles. The van der Waals surface area contributed by atoms with E-state index >= 15 is 0 Å². The van der Waals surface area contributed by atoms with Crippen LogP contribution in [0.3, 0.4) is 0 Å². The Labute approximate surface area is 69.5 Å². The fraction of sp³-hybridized carbons (Fsp3) is 0.222. The van der Waals surface area contributed by atoms with Crippen molar-refractivity contribution in [1.29, 1.82) is 0 Å². The summed E-state index contributed by atoms with van der Waals surface area (Å²) < 4.78 is 25.5. The van der Waals surface area contributed by atoms with Gasteiger partial charge in [-0.15, -0.1) is 0 Å². The van der Waals surface area contributed by atoms with E-state index in [1.54, 1.807) is 0 Å². The second kappa shape index (κ2) is 3.82. The van der Waals surface area contributed by atoms with Crippen molar-refractivity contribution in [2.45, 2.75) is 6.17 Å². The molecule has 0 aromatic heterocycles. The molecule has 0 amide bonds. The number of rotatable bonds is 2. The summed E-state index contributed by atoms with van der Waals surface area (Å²) in [5, 5.41) is 0. The lowest BCUT2D eigenvalue weighted by molar-refractivity contribution is 0.366. The summed E-state index contributed by atoms with van der Waals surface area (Å²) in [7, 11) is 0. The fourth-order valence-corrected chi connectivity index (χ4v) is 0.887. The molecule has 0 saturated heterocycles. The predicted octanol–water partition coefficient (Wildman–Crippen LogP) is 2.76. The summed E-state index contributed by atoms with van der Waals surface area (Å²) in [4.78, 5) is 2.89. The maximum absolute atomic E-state index is 12.9. The van der Waals surface area contributed by atoms with Gasteiger partial charge in [-0.1, -0.05) is 12.1 Å². The fourth-order valence-electron chi connectivity index (χ4n) is 0.887. The maximum Gasteiger partial charge on any atom is 0.249 e. The molecule has 1 nitrogen and oxygen atoms in total. The highest BCUT2D eigenvalue weighted by Gasteiger charge is 2.12. The van der Waals surface area contributed by atoms with Gasteiger partial charge in [0, 0.05) is 0 Å². The quantitative estimate of drug-likeness (QED) is 0.596. The number of nitrogens with zero attached hydrogens (tertiary/aromatic N) is 1. The minimum atomic E-state index is -1.38. The average Bonchev–Trinajstić information content (AvgIpc) is 2.05. The summed E-state index contributed by atoms with van der Waals surface area (Å²) in [5.41, 5.74) is 0.228. The molecule has 0 heterocycles. The van der Waals surface area contributed by atoms with Crippen LogP contribution in [0.1, 0.15) is 11.7 Å². The van der Waals surface area contributed by atoms with E-state index in [2.05, 4.69) is 4.85 Å². The molecule has 0 spiro atoms. The van der Waals surface area contributed by atoms with Gasteiger partial charge in [-0.25, -0.2) is 15.4 Å². The molecule has 0 bridgehead atoms. The molecule has 0 aliphatic rings. The molecule has 0 aliphatic carbocycles. The van der Waals surface area contributed by atoms with Gasteiger partial charge in [0.25, 0.3) is 0 Å². The summed E-state index contributed by atoms with van der Waals surface area (Å²) in [6, 6.07) is 5.25. The highest BCUT2D eigenvalue weighted by atomic mass is 19.1. The molecule has 0 N–H and O–H groups in total. The molecular weight excluding hydrogens is 160 g/mol. The van der Waals surface area contributed by atoms with E-state index in [0.29, 0.717) is 0 Å². The molecule has 62 valence electrons. The largest absolute Gasteiger partial charge is 0.313 e. The van der Waals surface area contributed by atoms with E-state index < -0.39 is 12.0 Å². The number of hydrogen-bond acceptors (Lipinski definition) is 0. The molecule has 1 atom stereocenters. The molecule has 1 rings (SSSR count). The molecule has 1 aromatic carbocycles. The highest BCUT2D eigenvalue weighted by Crippen LogP contribution is 2.18. The van der Waals surface area contributed by atoms with Crippen LogP contribution in [0.15, 0.2) is 24.3 Å². The highest BCUT2D eigenvalue weighted by molar-refractivity contribution is 5.19. The van der Waals surface area contributed by atoms with Crippen molar-refractivity contribution in [3.05, 3.63) is 47.1 Å². The van der Waals surface area contributed by atoms with Crippen LogP contribution >= 0.6 is 0 Å². The van der Waals surface area contributed by atoms with Crippen LogP contribution in [-0.2, 0) is 0 Å². The first-order valence-corrected chi connectivity index (χ1v) is 3.47. The Balaban J connectivity index is 2.82. The molecule has 0 fully saturated rings. The van der Waals surface area contributed by atoms with E-state index in [1.807, 2.05) is 0 Å². The molecule has 0 aliphatic heterocycles. The molecule has 0 radical (unpaired) electrons. The van der Waals surface area contributed by atoms with Gasteiger partial charge >= 0.3 is 0 Å². The van der Waals surface area contributed by atoms with Gasteiger partial charge in [0.15, 0.2) is 6.17 Å². The Hall–Kier alpha value is -1.43. The Morgan fingerprint density at radius 2 is 2.25 bits per heavy atom. The smallest absolute Gasteiger partial charge is 0.249 e. The maximum atomic E-state index is 12.9. The van der Waals surface area contributed by atoms with Gasteiger partial charge in [-0.05, 0) is 17.7 Å². The van der Waals surface area contributed by atoms with Gasteiger partial charge in [0.05, 0.1) is 0 Å². The van der Waals surface area contributed by atoms with Crippen molar-refractivity contribution >= 4 is 0 Å². The molecular formula is C9H7F2N. The lowest BCUT2D eigenvalue weighted by atomic mass is 10.1. The summed E-state index contributed by atoms with van der Waals surface area (Å²) in [5.74, 6) is -0.472. The van der Waals surface area contributed by atoms with E-state index in [1.165, 1.54) is 18.2 Å². The summed E-state index contributed by atoms with van der Waals surface area (Å²) in [6.07, 6.45) is -1.38. The molecule has 1 unspecified atom stereocenters. The van der Waals surface area contributed by atoms with Crippen molar-refractivity contribution in [2.75, 3.05) is 6.54 Å². The number of benzene rings is 1. The second-order valence-electron chi connectivity index (χ2n) is 2.36. The Kier molecular flexibility index (Phi) is 2.76. The van der Waals surface area contributed by atoms with Crippen LogP contribution in [0.5, 0.6) is 0 Å². The summed E-state index contributed by atoms with van der Waals surface area (Å²) >= 11 is 0. The van der Waals surface area contributed by atoms with Crippen LogP contribution in [0.25, 0.3) is 4.85 Å². The second-order valence-corrected chi connectivity index (χ2v) is 2.36. The third-order valence-corrected chi connectivity index (χ3v) is 1.46. The third-order valence-electron chi connectivity index (χ3n) is 1.46. The predicted molar refractivity (Wildman–Crippen MR) is 41.7 cm³/mol. The van der Waals surface area contributed by atoms with Crippen LogP contribution in [0.2, 0.25) is 0 Å². The Morgan fingerprint density at radius 1 is 1.50 bits per heavy atom. The van der Waals surface area contributed by atoms with Gasteiger partial charge in [-0.3, -0.25) is 0 Å². The van der Waals surface area contributed by atoms with E-state index in [4.69, 9.17) is 6.57 Å². The van der Waals surface area contributed by atoms with E-state index in [-0.39, 0.29) is 12.1 Å². The van der Waals surface area contributed by atoms with Crippen molar-refractivity contribution < 1.29 is 8.78 Å². The topological polar surface area (TPSA) is 4.36 Å². The summed E-state index contributed by atoms with van der Waals surface area (Å²) in [6.45, 7) is 6.18. The van der Waals surface area contributed by atoms with Gasteiger partial charge in [0.1, 0.15) is 5.82 Å². The van der Waals surface area contributed by atoms with Crippen molar-refractivity contribution in [3.63, 3.8) is 0 Å². The van der Waals surface area contributed by atoms with Gasteiger partial charge in [-0.2, -0.15) is 0 Å². The number of alkyl halides is 1. The van der Waals surface area contributed by atoms with Crippen molar-refractivity contribution in [1.82, 2.24) is 0 Å². The molecule has 12 heavy (non-hydrogen) atoms. The number of hydrogen-bond donors (Lipinski definition) is 0. The Morgan fingerprint density at radius 3 is 2.83 bits per heavy atom. The SMILES string of the molecule is [C-]#[N+]CC(F)c1cccc(F)c1. The molecule has 1 aromatic rings. The normalized spacial score (nSPS) is 12.1. The lowest BCUT2D eigenvalue weighted by Crippen LogP contribution is -1.94. The zero-order valence-electron chi connectivity index (χ0n) is 6.30. The molecule has 3 heteroatoms. The zero-order valence-corrected chi connectivity index (χ0v) is 6.30. The standard InChI is InChI=1S/C9H7F2N/c1-12-6-9(11)7-3-2-4-8(10)5-7/h2-5,9H,6H2. The van der Waals surface area contributed by atoms with Crippen LogP contribution in [0, 0.1) is 12.4 Å². The lowest BCUT2D eigenvalue weighted by Gasteiger charge is -2.00. The first-order chi connectivity index (χ1) is 5.74. The van der Waals surface area contributed by atoms with Crippen LogP contribution in [-0.4, -0.2) is 6.54 Å². The van der Waals surface area contributed by atoms with E-state index in [0.717, 1.165) is 6.07 Å². The minimum Gasteiger partial charge on any atom is -0.313 e. The van der Waals surface area contributed by atoms with Crippen molar-refractivity contribution in [3.8, 4) is 0 Å². The van der Waals surface area contributed by atoms with Crippen LogP contribution < -0.4 is 0 Å². The zero-order chi connectivity index (χ0) is 8.97. The van der Waals surface area contributed by atoms with Crippen LogP contribution in [0.4, 0.5) is 8.78 Å². The third kappa shape index (κ3) is 2.03. The minimum absolute atomic E-state index is 0.228. The average molecular weight is 167 g/mol. The number of halogens is 2. The first kappa shape index (κ1) is 8.66. The Bertz CT molecular complexity index is 304. The van der Waals surface area contributed by atoms with Crippen molar-refractivity contribution in [2.24, 2.45) is 0 Å². The first-order valence-electron chi connectivity index (χ1n) is 3.47. The van der Waals surface area contributed by atoms with Gasteiger partial charge < -0.3 is 4.85 Å². The van der Waals surface area contributed by atoms with Gasteiger partial charge in [0.2, 0.25) is 6.54 Å². The van der Waals surface area contributed by atoms with E-state index in [9.17, 15) is 8.78 Å².